The Morgan fingerprint density at radius 1 is 1.17 bits per heavy atom. The second-order valence-corrected chi connectivity index (χ2v) is 9.17. The summed E-state index contributed by atoms with van der Waals surface area (Å²) < 4.78 is 34.5. The summed E-state index contributed by atoms with van der Waals surface area (Å²) in [7, 11) is 0. The molecule has 3 amide bonds. The normalized spacial score (nSPS) is 19.3. The lowest BCUT2D eigenvalue weighted by Crippen LogP contribution is -2.49. The standard InChI is InChI=1S/C24H21F2N3O6S/c25-16-9-14(10-17(26)15(16)11-20-22(31)29-24(34)36-20)35-13-5-3-12(4-6-13)8-19(23(32)33)28-21(30)18-2-1-7-27-18/h3-6,9-11,18-19,27H,1-2,7-8H2,(H,28,30)(H,32,33)(H,29,31,34). The molecule has 2 aromatic carbocycles. The van der Waals surface area contributed by atoms with E-state index < -0.39 is 46.4 Å². The molecule has 0 aliphatic carbocycles. The van der Waals surface area contributed by atoms with Crippen molar-refractivity contribution < 1.29 is 37.8 Å². The Morgan fingerprint density at radius 2 is 1.86 bits per heavy atom. The van der Waals surface area contributed by atoms with Crippen molar-refractivity contribution in [1.29, 1.82) is 0 Å². The van der Waals surface area contributed by atoms with Gasteiger partial charge in [-0.15, -0.1) is 0 Å². The number of carboxylic acid groups (broad SMARTS) is 1. The zero-order valence-corrected chi connectivity index (χ0v) is 19.5. The maximum Gasteiger partial charge on any atom is 0.326 e. The molecule has 0 saturated carbocycles. The largest absolute Gasteiger partial charge is 0.480 e. The van der Waals surface area contributed by atoms with Crippen LogP contribution < -0.4 is 20.7 Å². The molecule has 2 heterocycles. The van der Waals surface area contributed by atoms with Gasteiger partial charge in [-0.1, -0.05) is 12.1 Å². The third-order valence-corrected chi connectivity index (χ3v) is 6.37. The number of imide groups is 1. The molecule has 188 valence electrons. The molecule has 9 nitrogen and oxygen atoms in total. The van der Waals surface area contributed by atoms with Gasteiger partial charge in [0.25, 0.3) is 11.1 Å². The van der Waals surface area contributed by atoms with E-state index in [9.17, 15) is 33.1 Å². The fraction of sp³-hybridized carbons (Fsp3) is 0.250. The van der Waals surface area contributed by atoms with E-state index in [0.717, 1.165) is 24.6 Å². The summed E-state index contributed by atoms with van der Waals surface area (Å²) in [6.07, 6.45) is 2.49. The van der Waals surface area contributed by atoms with Crippen LogP contribution in [0.15, 0.2) is 41.3 Å². The topological polar surface area (TPSA) is 134 Å². The molecular weight excluding hydrogens is 496 g/mol. The van der Waals surface area contributed by atoms with Gasteiger partial charge in [0.2, 0.25) is 5.91 Å². The van der Waals surface area contributed by atoms with Crippen molar-refractivity contribution in [1.82, 2.24) is 16.0 Å². The average Bonchev–Trinajstić information content (AvgIpc) is 3.46. The lowest BCUT2D eigenvalue weighted by atomic mass is 10.1. The molecule has 2 saturated heterocycles. The summed E-state index contributed by atoms with van der Waals surface area (Å²) in [4.78, 5) is 46.6. The molecule has 0 bridgehead atoms. The molecule has 0 radical (unpaired) electrons. The van der Waals surface area contributed by atoms with E-state index in [4.69, 9.17) is 4.74 Å². The van der Waals surface area contributed by atoms with Crippen LogP contribution in [0.2, 0.25) is 0 Å². The van der Waals surface area contributed by atoms with Gasteiger partial charge in [-0.2, -0.15) is 0 Å². The minimum Gasteiger partial charge on any atom is -0.480 e. The van der Waals surface area contributed by atoms with E-state index in [1.807, 2.05) is 5.32 Å². The van der Waals surface area contributed by atoms with Crippen molar-refractivity contribution in [3.05, 3.63) is 64.1 Å². The van der Waals surface area contributed by atoms with Crippen molar-refractivity contribution >= 4 is 40.9 Å². The van der Waals surface area contributed by atoms with Crippen molar-refractivity contribution in [2.75, 3.05) is 6.54 Å². The maximum absolute atomic E-state index is 14.5. The van der Waals surface area contributed by atoms with E-state index in [1.54, 1.807) is 12.1 Å². The van der Waals surface area contributed by atoms with Gasteiger partial charge in [0.1, 0.15) is 29.2 Å². The number of nitrogens with one attached hydrogen (secondary N) is 3. The molecule has 2 atom stereocenters. The van der Waals surface area contributed by atoms with Gasteiger partial charge in [0.05, 0.1) is 10.9 Å². The van der Waals surface area contributed by atoms with Gasteiger partial charge in [-0.3, -0.25) is 19.7 Å². The van der Waals surface area contributed by atoms with Gasteiger partial charge < -0.3 is 20.5 Å². The summed E-state index contributed by atoms with van der Waals surface area (Å²) in [5.41, 5.74) is 0.121. The zero-order valence-electron chi connectivity index (χ0n) is 18.7. The summed E-state index contributed by atoms with van der Waals surface area (Å²) in [6.45, 7) is 0.711. The molecule has 12 heteroatoms. The van der Waals surface area contributed by atoms with Crippen molar-refractivity contribution in [2.24, 2.45) is 0 Å². The van der Waals surface area contributed by atoms with E-state index in [0.29, 0.717) is 30.3 Å². The number of amides is 3. The quantitative estimate of drug-likeness (QED) is 0.393. The van der Waals surface area contributed by atoms with Crippen LogP contribution in [0.3, 0.4) is 0 Å². The number of halogens is 2. The number of thioether (sulfide) groups is 1. The zero-order chi connectivity index (χ0) is 25.8. The van der Waals surface area contributed by atoms with Crippen LogP contribution in [0.5, 0.6) is 11.5 Å². The maximum atomic E-state index is 14.5. The van der Waals surface area contributed by atoms with E-state index >= 15 is 0 Å². The number of hydrogen-bond donors (Lipinski definition) is 4. The van der Waals surface area contributed by atoms with Crippen molar-refractivity contribution in [3.63, 3.8) is 0 Å². The second-order valence-electron chi connectivity index (χ2n) is 8.15. The van der Waals surface area contributed by atoms with Crippen LogP contribution in [0.25, 0.3) is 6.08 Å². The average molecular weight is 518 g/mol. The third-order valence-electron chi connectivity index (χ3n) is 5.56. The van der Waals surface area contributed by atoms with Gasteiger partial charge in [0.15, 0.2) is 0 Å². The number of benzene rings is 2. The van der Waals surface area contributed by atoms with E-state index in [-0.39, 0.29) is 28.7 Å². The Morgan fingerprint density at radius 3 is 2.42 bits per heavy atom. The predicted octanol–water partition coefficient (Wildman–Crippen LogP) is 2.94. The highest BCUT2D eigenvalue weighted by Gasteiger charge is 2.28. The Hall–Kier alpha value is -3.77. The van der Waals surface area contributed by atoms with Crippen LogP contribution in [-0.4, -0.2) is 46.8 Å². The van der Waals surface area contributed by atoms with Gasteiger partial charge in [-0.25, -0.2) is 13.6 Å². The molecule has 0 spiro atoms. The summed E-state index contributed by atoms with van der Waals surface area (Å²) in [6, 6.07) is 6.55. The lowest BCUT2D eigenvalue weighted by Gasteiger charge is -2.18. The highest BCUT2D eigenvalue weighted by molar-refractivity contribution is 8.18. The number of aliphatic carboxylic acids is 1. The van der Waals surface area contributed by atoms with E-state index in [2.05, 4.69) is 10.6 Å². The van der Waals surface area contributed by atoms with Crippen LogP contribution in [-0.2, 0) is 20.8 Å². The third kappa shape index (κ3) is 6.07. The molecule has 2 aliphatic heterocycles. The summed E-state index contributed by atoms with van der Waals surface area (Å²) in [5, 5.41) is 16.4. The Bertz CT molecular complexity index is 1220. The van der Waals surface area contributed by atoms with Gasteiger partial charge in [-0.05, 0) is 54.9 Å². The number of carboxylic acids is 1. The molecule has 0 aromatic heterocycles. The Labute approximate surface area is 208 Å². The van der Waals surface area contributed by atoms with Crippen molar-refractivity contribution in [3.8, 4) is 11.5 Å². The number of hydrogen-bond acceptors (Lipinski definition) is 7. The number of ether oxygens (including phenoxy) is 1. The minimum atomic E-state index is -1.17. The second kappa shape index (κ2) is 10.9. The number of carbonyl (C=O) groups is 4. The molecule has 36 heavy (non-hydrogen) atoms. The number of rotatable bonds is 8. The van der Waals surface area contributed by atoms with E-state index in [1.165, 1.54) is 12.1 Å². The molecule has 4 N–H and O–H groups in total. The predicted molar refractivity (Wildman–Crippen MR) is 126 cm³/mol. The fourth-order valence-corrected chi connectivity index (χ4v) is 4.42. The first-order chi connectivity index (χ1) is 17.2. The molecule has 2 fully saturated rings. The monoisotopic (exact) mass is 517 g/mol. The first kappa shape index (κ1) is 25.3. The first-order valence-corrected chi connectivity index (χ1v) is 11.8. The lowest BCUT2D eigenvalue weighted by molar-refractivity contribution is -0.142. The van der Waals surface area contributed by atoms with Crippen LogP contribution in [0.4, 0.5) is 13.6 Å². The molecule has 2 unspecified atom stereocenters. The fourth-order valence-electron chi connectivity index (χ4n) is 3.76. The first-order valence-electron chi connectivity index (χ1n) is 11.0. The van der Waals surface area contributed by atoms with Crippen LogP contribution >= 0.6 is 11.8 Å². The van der Waals surface area contributed by atoms with Gasteiger partial charge in [0, 0.05) is 24.1 Å². The molecule has 4 rings (SSSR count). The van der Waals surface area contributed by atoms with Crippen molar-refractivity contribution in [2.45, 2.75) is 31.3 Å². The molecule has 2 aliphatic rings. The highest BCUT2D eigenvalue weighted by Crippen LogP contribution is 2.31. The Kier molecular flexibility index (Phi) is 7.65. The SMILES string of the molecule is O=C1NC(=O)C(=Cc2c(F)cc(Oc3ccc(CC(NC(=O)C4CCCN4)C(=O)O)cc3)cc2F)S1. The summed E-state index contributed by atoms with van der Waals surface area (Å²) >= 11 is 0.543. The van der Waals surface area contributed by atoms with Crippen LogP contribution in [0.1, 0.15) is 24.0 Å². The molecular formula is C24H21F2N3O6S. The molecule has 2 aromatic rings. The van der Waals surface area contributed by atoms with Crippen LogP contribution in [0, 0.1) is 11.6 Å². The summed E-state index contributed by atoms with van der Waals surface area (Å²) in [5.74, 6) is -4.13. The minimum absolute atomic E-state index is 0.0365. The smallest absolute Gasteiger partial charge is 0.326 e. The Balaban J connectivity index is 1.41. The number of carbonyl (C=O) groups excluding carboxylic acids is 3. The van der Waals surface area contributed by atoms with Gasteiger partial charge >= 0.3 is 5.97 Å². The highest BCUT2D eigenvalue weighted by atomic mass is 32.2.